The van der Waals surface area contributed by atoms with E-state index in [4.69, 9.17) is 9.16 Å². The van der Waals surface area contributed by atoms with E-state index in [-0.39, 0.29) is 11.0 Å². The van der Waals surface area contributed by atoms with Crippen LogP contribution < -0.4 is 4.43 Å². The summed E-state index contributed by atoms with van der Waals surface area (Å²) in [4.78, 5) is 11.6. The predicted molar refractivity (Wildman–Crippen MR) is 84.8 cm³/mol. The fourth-order valence-corrected chi connectivity index (χ4v) is 4.30. The lowest BCUT2D eigenvalue weighted by molar-refractivity contribution is 0.0600. The topological polar surface area (TPSA) is 35.5 Å². The van der Waals surface area contributed by atoms with Gasteiger partial charge in [0.2, 0.25) is 0 Å². The zero-order valence-corrected chi connectivity index (χ0v) is 14.6. The van der Waals surface area contributed by atoms with Crippen molar-refractivity contribution in [2.75, 3.05) is 7.11 Å². The monoisotopic (exact) mass is 294 g/mol. The van der Waals surface area contributed by atoms with Gasteiger partial charge >= 0.3 is 5.97 Å². The molecule has 1 aromatic rings. The Morgan fingerprint density at radius 1 is 1.25 bits per heavy atom. The molecule has 112 valence electrons. The second-order valence-corrected chi connectivity index (χ2v) is 11.0. The largest absolute Gasteiger partial charge is 0.543 e. The summed E-state index contributed by atoms with van der Waals surface area (Å²) in [5.74, 6) is 0.948. The summed E-state index contributed by atoms with van der Waals surface area (Å²) in [6.07, 6.45) is 0. The van der Waals surface area contributed by atoms with E-state index in [1.54, 1.807) is 12.1 Å². The molecule has 0 aromatic heterocycles. The summed E-state index contributed by atoms with van der Waals surface area (Å²) < 4.78 is 11.0. The zero-order chi connectivity index (χ0) is 15.6. The van der Waals surface area contributed by atoms with Gasteiger partial charge in [-0.1, -0.05) is 33.8 Å². The molecule has 0 N–H and O–H groups in total. The van der Waals surface area contributed by atoms with Gasteiger partial charge in [0, 0.05) is 0 Å². The first-order chi connectivity index (χ1) is 9.11. The van der Waals surface area contributed by atoms with Crippen LogP contribution in [0.2, 0.25) is 18.1 Å². The molecule has 0 heterocycles. The number of hydrogen-bond acceptors (Lipinski definition) is 3. The van der Waals surface area contributed by atoms with Crippen molar-refractivity contribution >= 4 is 14.3 Å². The van der Waals surface area contributed by atoms with E-state index in [1.165, 1.54) is 7.11 Å². The van der Waals surface area contributed by atoms with Crippen LogP contribution in [-0.4, -0.2) is 21.4 Å². The van der Waals surface area contributed by atoms with Crippen molar-refractivity contribution in [3.63, 3.8) is 0 Å². The van der Waals surface area contributed by atoms with E-state index >= 15 is 0 Å². The summed E-state index contributed by atoms with van der Waals surface area (Å²) in [6, 6.07) is 7.23. The van der Waals surface area contributed by atoms with E-state index in [0.29, 0.717) is 11.5 Å². The molecule has 0 amide bonds. The summed E-state index contributed by atoms with van der Waals surface area (Å²) in [5.41, 5.74) is 0.525. The average Bonchev–Trinajstić information content (AvgIpc) is 2.37. The number of methoxy groups -OCH3 is 1. The van der Waals surface area contributed by atoms with Crippen molar-refractivity contribution in [1.29, 1.82) is 0 Å². The third-order valence-electron chi connectivity index (χ3n) is 4.62. The van der Waals surface area contributed by atoms with Gasteiger partial charge < -0.3 is 9.16 Å². The quantitative estimate of drug-likeness (QED) is 0.593. The van der Waals surface area contributed by atoms with Gasteiger partial charge in [-0.25, -0.2) is 4.79 Å². The maximum atomic E-state index is 11.6. The van der Waals surface area contributed by atoms with Gasteiger partial charge in [0.25, 0.3) is 8.32 Å². The fourth-order valence-electron chi connectivity index (χ4n) is 1.93. The summed E-state index contributed by atoms with van der Waals surface area (Å²) in [6.45, 7) is 13.4. The van der Waals surface area contributed by atoms with Crippen LogP contribution in [0.3, 0.4) is 0 Å². The maximum Gasteiger partial charge on any atom is 0.337 e. The fraction of sp³-hybridized carbons (Fsp3) is 0.562. The predicted octanol–water partition coefficient (Wildman–Crippen LogP) is 4.49. The number of carbonyl (C=O) groups is 1. The summed E-state index contributed by atoms with van der Waals surface area (Å²) in [7, 11) is -0.570. The Morgan fingerprint density at radius 3 is 2.35 bits per heavy atom. The van der Waals surface area contributed by atoms with Crippen molar-refractivity contribution < 1.29 is 14.0 Å². The molecule has 0 radical (unpaired) electrons. The van der Waals surface area contributed by atoms with Gasteiger partial charge in [-0.2, -0.15) is 0 Å². The van der Waals surface area contributed by atoms with Crippen LogP contribution in [0.25, 0.3) is 0 Å². The molecule has 1 aromatic carbocycles. The molecule has 0 unspecified atom stereocenters. The van der Waals surface area contributed by atoms with E-state index < -0.39 is 8.32 Å². The minimum atomic E-state index is -1.95. The Morgan fingerprint density at radius 2 is 1.85 bits per heavy atom. The highest BCUT2D eigenvalue weighted by Gasteiger charge is 2.44. The third kappa shape index (κ3) is 3.42. The zero-order valence-electron chi connectivity index (χ0n) is 13.6. The second-order valence-electron chi connectivity index (χ2n) is 6.51. The Bertz CT molecular complexity index is 478. The molecule has 0 bridgehead atoms. The summed E-state index contributed by atoms with van der Waals surface area (Å²) >= 11 is 0. The summed E-state index contributed by atoms with van der Waals surface area (Å²) in [5, 5.41) is 0.133. The van der Waals surface area contributed by atoms with Gasteiger partial charge in [0.15, 0.2) is 0 Å². The molecule has 0 aliphatic heterocycles. The van der Waals surface area contributed by atoms with Crippen molar-refractivity contribution in [2.45, 2.75) is 45.8 Å². The van der Waals surface area contributed by atoms with Crippen molar-refractivity contribution in [3.8, 4) is 5.75 Å². The van der Waals surface area contributed by atoms with E-state index in [1.807, 2.05) is 12.1 Å². The highest BCUT2D eigenvalue weighted by atomic mass is 28.4. The van der Waals surface area contributed by atoms with Gasteiger partial charge in [-0.05, 0) is 42.2 Å². The number of carbonyl (C=O) groups excluding carboxylic acids is 1. The number of benzene rings is 1. The van der Waals surface area contributed by atoms with Crippen molar-refractivity contribution in [3.05, 3.63) is 29.8 Å². The number of hydrogen-bond donors (Lipinski definition) is 0. The molecule has 0 atom stereocenters. The number of esters is 1. The third-order valence-corrected chi connectivity index (χ3v) is 9.05. The molecular weight excluding hydrogens is 268 g/mol. The van der Waals surface area contributed by atoms with Crippen LogP contribution in [0.4, 0.5) is 0 Å². The molecule has 0 fully saturated rings. The molecule has 0 aliphatic rings. The molecule has 0 saturated heterocycles. The first kappa shape index (κ1) is 16.8. The lowest BCUT2D eigenvalue weighted by atomic mass is 9.99. The molecule has 0 spiro atoms. The van der Waals surface area contributed by atoms with Crippen LogP contribution in [-0.2, 0) is 4.74 Å². The maximum absolute atomic E-state index is 11.6. The normalized spacial score (nSPS) is 12.4. The Kier molecular flexibility index (Phi) is 5.03. The molecular formula is C16H26O3Si. The molecule has 3 nitrogen and oxygen atoms in total. The average molecular weight is 294 g/mol. The van der Waals surface area contributed by atoms with E-state index in [9.17, 15) is 4.79 Å². The Hall–Kier alpha value is -1.29. The van der Waals surface area contributed by atoms with Crippen molar-refractivity contribution in [1.82, 2.24) is 0 Å². The number of ether oxygens (including phenoxy) is 1. The number of rotatable bonds is 5. The standard InChI is InChI=1S/C16H26O3Si/c1-12(2)16(3,4)20(6,7)19-14-10-8-9-13(11-14)15(17)18-5/h8-12H,1-7H3. The van der Waals surface area contributed by atoms with Gasteiger partial charge in [0.05, 0.1) is 12.7 Å². The van der Waals surface area contributed by atoms with Crippen LogP contribution in [0.15, 0.2) is 24.3 Å². The molecule has 4 heteroatoms. The second kappa shape index (κ2) is 6.00. The first-order valence-corrected chi connectivity index (χ1v) is 9.90. The Labute approximate surface area is 123 Å². The lowest BCUT2D eigenvalue weighted by Gasteiger charge is -2.42. The minimum Gasteiger partial charge on any atom is -0.543 e. The first-order valence-electron chi connectivity index (χ1n) is 6.99. The molecule has 1 rings (SSSR count). The molecule has 0 aliphatic carbocycles. The van der Waals surface area contributed by atoms with Crippen LogP contribution in [0.5, 0.6) is 5.75 Å². The van der Waals surface area contributed by atoms with Gasteiger partial charge in [-0.3, -0.25) is 0 Å². The SMILES string of the molecule is COC(=O)c1cccc(O[Si](C)(C)C(C)(C)C(C)C)c1. The van der Waals surface area contributed by atoms with Crippen molar-refractivity contribution in [2.24, 2.45) is 5.92 Å². The van der Waals surface area contributed by atoms with E-state index in [2.05, 4.69) is 40.8 Å². The highest BCUT2D eigenvalue weighted by Crippen LogP contribution is 2.44. The van der Waals surface area contributed by atoms with Crippen LogP contribution >= 0.6 is 0 Å². The van der Waals surface area contributed by atoms with E-state index in [0.717, 1.165) is 5.75 Å². The molecule has 0 saturated carbocycles. The van der Waals surface area contributed by atoms with Crippen LogP contribution in [0, 0.1) is 5.92 Å². The minimum absolute atomic E-state index is 0.133. The highest BCUT2D eigenvalue weighted by molar-refractivity contribution is 6.75. The van der Waals surface area contributed by atoms with Gasteiger partial charge in [-0.15, -0.1) is 0 Å². The van der Waals surface area contributed by atoms with Gasteiger partial charge in [0.1, 0.15) is 5.75 Å². The smallest absolute Gasteiger partial charge is 0.337 e. The Balaban J connectivity index is 3.01. The lowest BCUT2D eigenvalue weighted by Crippen LogP contribution is -2.47. The molecule has 20 heavy (non-hydrogen) atoms. The van der Waals surface area contributed by atoms with Crippen LogP contribution in [0.1, 0.15) is 38.1 Å².